The molecular formula is C18H19ClN4. The van der Waals surface area contributed by atoms with Crippen molar-refractivity contribution in [3.63, 3.8) is 0 Å². The maximum atomic E-state index is 6.20. The van der Waals surface area contributed by atoms with Gasteiger partial charge in [0.2, 0.25) is 0 Å². The number of nitrogens with one attached hydrogen (secondary N) is 1. The van der Waals surface area contributed by atoms with E-state index in [1.807, 2.05) is 30.5 Å². The summed E-state index contributed by atoms with van der Waals surface area (Å²) in [6.07, 6.45) is 11.9. The first-order valence-electron chi connectivity index (χ1n) is 8.16. The Kier molecular flexibility index (Phi) is 3.92. The molecule has 0 unspecified atom stereocenters. The zero-order valence-corrected chi connectivity index (χ0v) is 13.6. The first-order chi connectivity index (χ1) is 11.3. The van der Waals surface area contributed by atoms with Crippen LogP contribution in [0.4, 0.5) is 5.82 Å². The molecule has 3 heterocycles. The minimum absolute atomic E-state index is 0.503. The fraction of sp³-hybridized carbons (Fsp3) is 0.333. The zero-order valence-electron chi connectivity index (χ0n) is 12.9. The van der Waals surface area contributed by atoms with Gasteiger partial charge < -0.3 is 5.32 Å². The van der Waals surface area contributed by atoms with E-state index < -0.39 is 0 Å². The van der Waals surface area contributed by atoms with Crippen LogP contribution >= 0.6 is 11.6 Å². The Bertz CT molecular complexity index is 807. The summed E-state index contributed by atoms with van der Waals surface area (Å²) in [6, 6.07) is 8.33. The second kappa shape index (κ2) is 6.20. The van der Waals surface area contributed by atoms with Crippen molar-refractivity contribution in [1.29, 1.82) is 0 Å². The summed E-state index contributed by atoms with van der Waals surface area (Å²) in [7, 11) is 0. The molecule has 3 aromatic rings. The van der Waals surface area contributed by atoms with Gasteiger partial charge in [-0.3, -0.25) is 9.38 Å². The van der Waals surface area contributed by atoms with E-state index >= 15 is 0 Å². The highest BCUT2D eigenvalue weighted by Crippen LogP contribution is 2.31. The standard InChI is InChI=1S/C18H19ClN4/c19-14-6-7-16-22-17(13-8-10-20-11-9-13)18(23(16)12-14)21-15-4-2-1-3-5-15/h6-12,15,21H,1-5H2. The number of anilines is 1. The highest BCUT2D eigenvalue weighted by molar-refractivity contribution is 6.30. The molecule has 3 aromatic heterocycles. The van der Waals surface area contributed by atoms with Gasteiger partial charge in [-0.25, -0.2) is 4.98 Å². The largest absolute Gasteiger partial charge is 0.367 e. The van der Waals surface area contributed by atoms with Crippen LogP contribution in [0.3, 0.4) is 0 Å². The maximum absolute atomic E-state index is 6.20. The summed E-state index contributed by atoms with van der Waals surface area (Å²) >= 11 is 6.20. The van der Waals surface area contributed by atoms with Crippen molar-refractivity contribution in [2.75, 3.05) is 5.32 Å². The lowest BCUT2D eigenvalue weighted by Crippen LogP contribution is -2.23. The smallest absolute Gasteiger partial charge is 0.139 e. The third-order valence-electron chi connectivity index (χ3n) is 4.48. The summed E-state index contributed by atoms with van der Waals surface area (Å²) in [5.41, 5.74) is 2.93. The SMILES string of the molecule is Clc1ccc2nc(-c3ccncc3)c(NC3CCCCC3)n2c1. The van der Waals surface area contributed by atoms with Crippen molar-refractivity contribution in [2.24, 2.45) is 0 Å². The molecule has 0 saturated heterocycles. The number of fused-ring (bicyclic) bond motifs is 1. The summed E-state index contributed by atoms with van der Waals surface area (Å²) in [5.74, 6) is 1.03. The third-order valence-corrected chi connectivity index (χ3v) is 4.71. The minimum Gasteiger partial charge on any atom is -0.367 e. The maximum Gasteiger partial charge on any atom is 0.139 e. The van der Waals surface area contributed by atoms with E-state index in [1.54, 1.807) is 12.4 Å². The Morgan fingerprint density at radius 3 is 2.61 bits per heavy atom. The Morgan fingerprint density at radius 1 is 1.04 bits per heavy atom. The van der Waals surface area contributed by atoms with Gasteiger partial charge in [-0.1, -0.05) is 30.9 Å². The van der Waals surface area contributed by atoms with Crippen LogP contribution in [0.5, 0.6) is 0 Å². The molecule has 0 aliphatic heterocycles. The lowest BCUT2D eigenvalue weighted by atomic mass is 9.95. The van der Waals surface area contributed by atoms with Crippen molar-refractivity contribution in [3.05, 3.63) is 47.9 Å². The minimum atomic E-state index is 0.503. The number of nitrogens with zero attached hydrogens (tertiary/aromatic N) is 3. The molecule has 1 aliphatic carbocycles. The molecule has 4 nitrogen and oxygen atoms in total. The quantitative estimate of drug-likeness (QED) is 0.752. The number of imidazole rings is 1. The van der Waals surface area contributed by atoms with Gasteiger partial charge in [0.05, 0.1) is 5.02 Å². The fourth-order valence-electron chi connectivity index (χ4n) is 3.31. The van der Waals surface area contributed by atoms with Crippen LogP contribution in [-0.2, 0) is 0 Å². The summed E-state index contributed by atoms with van der Waals surface area (Å²) < 4.78 is 2.06. The topological polar surface area (TPSA) is 42.2 Å². The van der Waals surface area contributed by atoms with Gasteiger partial charge in [-0.15, -0.1) is 0 Å². The monoisotopic (exact) mass is 326 g/mol. The van der Waals surface area contributed by atoms with Gasteiger partial charge in [-0.05, 0) is 37.1 Å². The summed E-state index contributed by atoms with van der Waals surface area (Å²) in [4.78, 5) is 8.91. The predicted molar refractivity (Wildman–Crippen MR) is 93.9 cm³/mol. The molecule has 118 valence electrons. The van der Waals surface area contributed by atoms with Gasteiger partial charge >= 0.3 is 0 Å². The van der Waals surface area contributed by atoms with Crippen LogP contribution in [0, 0.1) is 0 Å². The van der Waals surface area contributed by atoms with E-state index in [9.17, 15) is 0 Å². The second-order valence-electron chi connectivity index (χ2n) is 6.10. The third kappa shape index (κ3) is 2.91. The van der Waals surface area contributed by atoms with Crippen LogP contribution in [0.2, 0.25) is 5.02 Å². The van der Waals surface area contributed by atoms with Gasteiger partial charge in [0.15, 0.2) is 0 Å². The normalized spacial score (nSPS) is 15.9. The lowest BCUT2D eigenvalue weighted by molar-refractivity contribution is 0.462. The number of aromatic nitrogens is 3. The molecule has 1 saturated carbocycles. The van der Waals surface area contributed by atoms with Crippen molar-refractivity contribution in [3.8, 4) is 11.3 Å². The van der Waals surface area contributed by atoms with E-state index in [4.69, 9.17) is 16.6 Å². The number of hydrogen-bond acceptors (Lipinski definition) is 3. The summed E-state index contributed by atoms with van der Waals surface area (Å²) in [6.45, 7) is 0. The lowest BCUT2D eigenvalue weighted by Gasteiger charge is -2.24. The van der Waals surface area contributed by atoms with E-state index in [-0.39, 0.29) is 0 Å². The van der Waals surface area contributed by atoms with Gasteiger partial charge in [0.25, 0.3) is 0 Å². The second-order valence-corrected chi connectivity index (χ2v) is 6.54. The highest BCUT2D eigenvalue weighted by Gasteiger charge is 2.19. The molecule has 5 heteroatoms. The van der Waals surface area contributed by atoms with Gasteiger partial charge in [0.1, 0.15) is 17.2 Å². The number of rotatable bonds is 3. The van der Waals surface area contributed by atoms with Crippen LogP contribution in [0.25, 0.3) is 16.9 Å². The molecule has 1 N–H and O–H groups in total. The van der Waals surface area contributed by atoms with Crippen molar-refractivity contribution >= 4 is 23.1 Å². The molecule has 0 amide bonds. The Hall–Kier alpha value is -2.07. The van der Waals surface area contributed by atoms with Crippen molar-refractivity contribution in [1.82, 2.24) is 14.4 Å². The van der Waals surface area contributed by atoms with Gasteiger partial charge in [0, 0.05) is 30.2 Å². The van der Waals surface area contributed by atoms with Crippen LogP contribution < -0.4 is 5.32 Å². The molecule has 0 aromatic carbocycles. The molecule has 1 fully saturated rings. The average Bonchev–Trinajstić information content (AvgIpc) is 2.95. The van der Waals surface area contributed by atoms with Gasteiger partial charge in [-0.2, -0.15) is 0 Å². The molecule has 0 atom stereocenters. The number of halogens is 1. The van der Waals surface area contributed by atoms with Crippen LogP contribution in [-0.4, -0.2) is 20.4 Å². The van der Waals surface area contributed by atoms with E-state index in [1.165, 1.54) is 32.1 Å². The van der Waals surface area contributed by atoms with E-state index in [0.717, 1.165) is 22.7 Å². The molecule has 0 spiro atoms. The number of hydrogen-bond donors (Lipinski definition) is 1. The predicted octanol–water partition coefficient (Wildman–Crippen LogP) is 4.79. The van der Waals surface area contributed by atoms with Crippen molar-refractivity contribution < 1.29 is 0 Å². The van der Waals surface area contributed by atoms with Crippen LogP contribution in [0.1, 0.15) is 32.1 Å². The first kappa shape index (κ1) is 14.5. The Balaban J connectivity index is 1.82. The van der Waals surface area contributed by atoms with Crippen molar-refractivity contribution in [2.45, 2.75) is 38.1 Å². The van der Waals surface area contributed by atoms with Crippen LogP contribution in [0.15, 0.2) is 42.9 Å². The molecule has 0 bridgehead atoms. The van der Waals surface area contributed by atoms with E-state index in [2.05, 4.69) is 14.7 Å². The molecule has 0 radical (unpaired) electrons. The summed E-state index contributed by atoms with van der Waals surface area (Å²) in [5, 5.41) is 4.43. The Labute approximate surface area is 140 Å². The average molecular weight is 327 g/mol. The molecule has 1 aliphatic rings. The number of pyridine rings is 2. The first-order valence-corrected chi connectivity index (χ1v) is 8.53. The molecule has 4 rings (SSSR count). The highest BCUT2D eigenvalue weighted by atomic mass is 35.5. The fourth-order valence-corrected chi connectivity index (χ4v) is 3.47. The molecular weight excluding hydrogens is 308 g/mol. The molecule has 23 heavy (non-hydrogen) atoms. The zero-order chi connectivity index (χ0) is 15.6. The Morgan fingerprint density at radius 2 is 1.83 bits per heavy atom. The van der Waals surface area contributed by atoms with E-state index in [0.29, 0.717) is 11.1 Å².